The fourth-order valence-electron chi connectivity index (χ4n) is 1.11. The fourth-order valence-corrected chi connectivity index (χ4v) is 1.89. The quantitative estimate of drug-likeness (QED) is 0.775. The van der Waals surface area contributed by atoms with Crippen LogP contribution in [0.3, 0.4) is 0 Å². The lowest BCUT2D eigenvalue weighted by molar-refractivity contribution is 0.0573. The van der Waals surface area contributed by atoms with Gasteiger partial charge in [0.15, 0.2) is 0 Å². The van der Waals surface area contributed by atoms with E-state index in [2.05, 4.69) is 21.0 Å². The van der Waals surface area contributed by atoms with Crippen molar-refractivity contribution in [2.75, 3.05) is 6.54 Å². The van der Waals surface area contributed by atoms with Gasteiger partial charge in [0.05, 0.1) is 16.4 Å². The van der Waals surface area contributed by atoms with Gasteiger partial charge in [0.2, 0.25) is 0 Å². The van der Waals surface area contributed by atoms with E-state index in [0.717, 1.165) is 4.47 Å². The molecule has 0 radical (unpaired) electrons. The van der Waals surface area contributed by atoms with Crippen molar-refractivity contribution in [3.05, 3.63) is 16.4 Å². The van der Waals surface area contributed by atoms with Crippen molar-refractivity contribution in [3.63, 3.8) is 0 Å². The molecule has 1 aromatic rings. The monoisotopic (exact) mass is 233 g/mol. The number of nitrogens with zero attached hydrogens (tertiary/aromatic N) is 2. The summed E-state index contributed by atoms with van der Waals surface area (Å²) in [4.78, 5) is 0. The molecule has 4 nitrogen and oxygen atoms in total. The van der Waals surface area contributed by atoms with Gasteiger partial charge in [-0.15, -0.1) is 0 Å². The first-order valence-electron chi connectivity index (χ1n) is 3.59. The van der Waals surface area contributed by atoms with Gasteiger partial charge in [-0.05, 0) is 22.9 Å². The lowest BCUT2D eigenvalue weighted by atomic mass is 10.0. The van der Waals surface area contributed by atoms with E-state index in [1.807, 2.05) is 0 Å². The van der Waals surface area contributed by atoms with Crippen molar-refractivity contribution in [3.8, 4) is 0 Å². The van der Waals surface area contributed by atoms with E-state index < -0.39 is 5.60 Å². The first-order valence-corrected chi connectivity index (χ1v) is 4.39. The number of halogens is 1. The van der Waals surface area contributed by atoms with Gasteiger partial charge in [-0.1, -0.05) is 0 Å². The molecule has 68 valence electrons. The number of aromatic nitrogens is 2. The van der Waals surface area contributed by atoms with Crippen LogP contribution in [-0.2, 0) is 12.6 Å². The van der Waals surface area contributed by atoms with Gasteiger partial charge >= 0.3 is 0 Å². The number of rotatable bonds is 2. The molecule has 1 aromatic heterocycles. The molecule has 1 heterocycles. The minimum absolute atomic E-state index is 0.172. The van der Waals surface area contributed by atoms with E-state index in [1.165, 1.54) is 0 Å². The third-order valence-corrected chi connectivity index (χ3v) is 2.38. The molecule has 1 atom stereocenters. The molecule has 12 heavy (non-hydrogen) atoms. The normalized spacial score (nSPS) is 16.1. The predicted molar refractivity (Wildman–Crippen MR) is 49.5 cm³/mol. The lowest BCUT2D eigenvalue weighted by Gasteiger charge is -2.21. The molecule has 0 fully saturated rings. The van der Waals surface area contributed by atoms with Gasteiger partial charge in [-0.3, -0.25) is 4.68 Å². The Labute approximate surface area is 79.5 Å². The van der Waals surface area contributed by atoms with Crippen molar-refractivity contribution in [2.24, 2.45) is 12.8 Å². The Morgan fingerprint density at radius 1 is 1.83 bits per heavy atom. The summed E-state index contributed by atoms with van der Waals surface area (Å²) in [6, 6.07) is 0. The maximum atomic E-state index is 9.83. The minimum Gasteiger partial charge on any atom is -0.382 e. The molecule has 0 saturated carbocycles. The molecular weight excluding hydrogens is 222 g/mol. The van der Waals surface area contributed by atoms with E-state index in [0.29, 0.717) is 5.69 Å². The van der Waals surface area contributed by atoms with Crippen LogP contribution in [0.1, 0.15) is 12.6 Å². The summed E-state index contributed by atoms with van der Waals surface area (Å²) in [6.07, 6.45) is 1.64. The van der Waals surface area contributed by atoms with Crippen LogP contribution in [0.25, 0.3) is 0 Å². The van der Waals surface area contributed by atoms with Gasteiger partial charge in [-0.25, -0.2) is 0 Å². The van der Waals surface area contributed by atoms with Crippen molar-refractivity contribution < 1.29 is 5.11 Å². The van der Waals surface area contributed by atoms with Crippen molar-refractivity contribution in [1.82, 2.24) is 9.78 Å². The molecular formula is C7H12BrN3O. The number of aryl methyl sites for hydroxylation is 1. The highest BCUT2D eigenvalue weighted by atomic mass is 79.9. The summed E-state index contributed by atoms with van der Waals surface area (Å²) < 4.78 is 2.39. The van der Waals surface area contributed by atoms with Crippen LogP contribution >= 0.6 is 15.9 Å². The second-order valence-corrected chi connectivity index (χ2v) is 3.80. The zero-order valence-corrected chi connectivity index (χ0v) is 8.67. The topological polar surface area (TPSA) is 64.1 Å². The maximum absolute atomic E-state index is 9.83. The highest BCUT2D eigenvalue weighted by Gasteiger charge is 2.27. The average Bonchev–Trinajstić information content (AvgIpc) is 2.31. The molecule has 0 aliphatic heterocycles. The number of aliphatic hydroxyl groups is 1. The molecule has 0 amide bonds. The molecule has 0 saturated heterocycles. The smallest absolute Gasteiger partial charge is 0.117 e. The maximum Gasteiger partial charge on any atom is 0.117 e. The fraction of sp³-hybridized carbons (Fsp3) is 0.571. The summed E-state index contributed by atoms with van der Waals surface area (Å²) in [5.41, 5.74) is 5.10. The third kappa shape index (κ3) is 1.53. The van der Waals surface area contributed by atoms with Gasteiger partial charge < -0.3 is 10.8 Å². The lowest BCUT2D eigenvalue weighted by Crippen LogP contribution is -2.33. The molecule has 1 unspecified atom stereocenters. The Bertz CT molecular complexity index is 263. The number of nitrogens with two attached hydrogens (primary N) is 1. The summed E-state index contributed by atoms with van der Waals surface area (Å²) >= 11 is 3.29. The van der Waals surface area contributed by atoms with Crippen LogP contribution in [0.2, 0.25) is 0 Å². The Morgan fingerprint density at radius 3 is 2.75 bits per heavy atom. The summed E-state index contributed by atoms with van der Waals surface area (Å²) in [7, 11) is 1.77. The highest BCUT2D eigenvalue weighted by molar-refractivity contribution is 9.10. The van der Waals surface area contributed by atoms with E-state index in [1.54, 1.807) is 24.9 Å². The molecule has 1 rings (SSSR count). The van der Waals surface area contributed by atoms with Crippen molar-refractivity contribution >= 4 is 15.9 Å². The van der Waals surface area contributed by atoms with Crippen LogP contribution in [-0.4, -0.2) is 21.4 Å². The molecule has 0 spiro atoms. The van der Waals surface area contributed by atoms with Crippen LogP contribution < -0.4 is 5.73 Å². The van der Waals surface area contributed by atoms with Crippen LogP contribution in [0, 0.1) is 0 Å². The van der Waals surface area contributed by atoms with Crippen LogP contribution in [0.5, 0.6) is 0 Å². The van der Waals surface area contributed by atoms with E-state index in [9.17, 15) is 5.11 Å². The zero-order valence-electron chi connectivity index (χ0n) is 7.08. The molecule has 0 bridgehead atoms. The number of hydrogen-bond donors (Lipinski definition) is 2. The molecule has 0 aromatic carbocycles. The second-order valence-electron chi connectivity index (χ2n) is 2.94. The third-order valence-electron chi connectivity index (χ3n) is 1.80. The SMILES string of the molecule is Cn1ncc(Br)c1C(C)(O)CN. The van der Waals surface area contributed by atoms with Gasteiger partial charge in [0.25, 0.3) is 0 Å². The minimum atomic E-state index is -1.02. The Kier molecular flexibility index (Phi) is 2.55. The predicted octanol–water partition coefficient (Wildman–Crippen LogP) is 0.349. The molecule has 3 N–H and O–H groups in total. The van der Waals surface area contributed by atoms with Gasteiger partial charge in [-0.2, -0.15) is 5.10 Å². The Balaban J connectivity index is 3.17. The first-order chi connectivity index (χ1) is 5.49. The average molecular weight is 234 g/mol. The second kappa shape index (κ2) is 3.16. The Hall–Kier alpha value is -0.390. The van der Waals surface area contributed by atoms with Crippen LogP contribution in [0.4, 0.5) is 0 Å². The van der Waals surface area contributed by atoms with Crippen molar-refractivity contribution in [2.45, 2.75) is 12.5 Å². The highest BCUT2D eigenvalue weighted by Crippen LogP contribution is 2.26. The largest absolute Gasteiger partial charge is 0.382 e. The molecule has 0 aliphatic carbocycles. The van der Waals surface area contributed by atoms with E-state index in [-0.39, 0.29) is 6.54 Å². The first kappa shape index (κ1) is 9.70. The van der Waals surface area contributed by atoms with E-state index in [4.69, 9.17) is 5.73 Å². The number of hydrogen-bond acceptors (Lipinski definition) is 3. The van der Waals surface area contributed by atoms with Gasteiger partial charge in [0, 0.05) is 13.6 Å². The van der Waals surface area contributed by atoms with Gasteiger partial charge in [0.1, 0.15) is 5.60 Å². The summed E-state index contributed by atoms with van der Waals surface area (Å²) in [5.74, 6) is 0. The Morgan fingerprint density at radius 2 is 2.42 bits per heavy atom. The van der Waals surface area contributed by atoms with E-state index >= 15 is 0 Å². The molecule has 5 heteroatoms. The molecule has 0 aliphatic rings. The van der Waals surface area contributed by atoms with Crippen LogP contribution in [0.15, 0.2) is 10.7 Å². The standard InChI is InChI=1S/C7H12BrN3O/c1-7(12,4-9)6-5(8)3-10-11(6)2/h3,12H,4,9H2,1-2H3. The van der Waals surface area contributed by atoms with Crippen molar-refractivity contribution in [1.29, 1.82) is 0 Å². The zero-order chi connectivity index (χ0) is 9.35. The summed E-state index contributed by atoms with van der Waals surface area (Å²) in [6.45, 7) is 1.83. The summed E-state index contributed by atoms with van der Waals surface area (Å²) in [5, 5.41) is 13.8.